The molecule has 2 aliphatic heterocycles. The highest BCUT2D eigenvalue weighted by Crippen LogP contribution is 2.38. The molecule has 0 aliphatic carbocycles. The summed E-state index contributed by atoms with van der Waals surface area (Å²) in [5, 5.41) is 6.20. The largest absolute Gasteiger partial charge is 0.486 e. The summed E-state index contributed by atoms with van der Waals surface area (Å²) in [5.41, 5.74) is 5.42. The van der Waals surface area contributed by atoms with Gasteiger partial charge in [-0.2, -0.15) is 13.8 Å². The maximum absolute atomic E-state index is 14.7. The number of likely N-dealkylation sites (tertiary alicyclic amines) is 2. The highest BCUT2D eigenvalue weighted by molar-refractivity contribution is 5.75. The van der Waals surface area contributed by atoms with Crippen LogP contribution in [0.15, 0.2) is 24.4 Å². The molecule has 0 saturated carbocycles. The van der Waals surface area contributed by atoms with Gasteiger partial charge in [0.25, 0.3) is 0 Å². The van der Waals surface area contributed by atoms with Crippen molar-refractivity contribution >= 4 is 23.4 Å². The number of piperidine rings is 2. The molecule has 4 rings (SSSR count). The van der Waals surface area contributed by atoms with Gasteiger partial charge >= 0.3 is 6.61 Å². The normalized spacial score (nSPS) is 20.1. The van der Waals surface area contributed by atoms with Crippen molar-refractivity contribution in [1.29, 1.82) is 0 Å². The zero-order chi connectivity index (χ0) is 29.9. The van der Waals surface area contributed by atoms with E-state index >= 15 is 0 Å². The maximum atomic E-state index is 14.7. The fourth-order valence-electron chi connectivity index (χ4n) is 5.78. The number of halogens is 3. The number of hydrogen-bond acceptors (Lipinski definition) is 9. The molecule has 2 saturated heterocycles. The van der Waals surface area contributed by atoms with Gasteiger partial charge in [-0.1, -0.05) is 0 Å². The van der Waals surface area contributed by atoms with E-state index in [1.165, 1.54) is 12.1 Å². The number of benzene rings is 1. The zero-order valence-electron chi connectivity index (χ0n) is 24.2. The summed E-state index contributed by atoms with van der Waals surface area (Å²) < 4.78 is 51.9. The molecule has 0 radical (unpaired) electrons. The number of amides is 1. The number of ether oxygens (including phenoxy) is 2. The monoisotopic (exact) mass is 579 g/mol. The van der Waals surface area contributed by atoms with Crippen molar-refractivity contribution in [2.45, 2.75) is 83.2 Å². The molecular weight excluding hydrogens is 539 g/mol. The lowest BCUT2D eigenvalue weighted by Crippen LogP contribution is -2.61. The number of carbonyl (C=O) groups is 1. The smallest absolute Gasteiger partial charge is 0.387 e. The predicted octanol–water partition coefficient (Wildman–Crippen LogP) is 4.35. The highest BCUT2D eigenvalue weighted by Gasteiger charge is 2.43. The van der Waals surface area contributed by atoms with Crippen LogP contribution in [0.4, 0.5) is 30.6 Å². The quantitative estimate of drug-likeness (QED) is 0.378. The van der Waals surface area contributed by atoms with Crippen LogP contribution in [0.1, 0.15) is 53.4 Å². The van der Waals surface area contributed by atoms with Gasteiger partial charge in [-0.25, -0.2) is 9.37 Å². The zero-order valence-corrected chi connectivity index (χ0v) is 24.2. The van der Waals surface area contributed by atoms with Crippen molar-refractivity contribution in [3.05, 3.63) is 30.2 Å². The Morgan fingerprint density at radius 3 is 2.41 bits per heavy atom. The Kier molecular flexibility index (Phi) is 9.17. The van der Waals surface area contributed by atoms with Gasteiger partial charge in [-0.15, -0.1) is 0 Å². The number of rotatable bonds is 10. The van der Waals surface area contributed by atoms with E-state index in [2.05, 4.69) is 60.2 Å². The van der Waals surface area contributed by atoms with E-state index in [0.717, 1.165) is 19.0 Å². The summed E-state index contributed by atoms with van der Waals surface area (Å²) >= 11 is 0. The minimum Gasteiger partial charge on any atom is -0.486 e. The lowest BCUT2D eigenvalue weighted by Gasteiger charge is -2.53. The van der Waals surface area contributed by atoms with Gasteiger partial charge in [0.05, 0.1) is 12.7 Å². The number of hydrogen-bond donors (Lipinski definition) is 3. The van der Waals surface area contributed by atoms with Crippen molar-refractivity contribution in [2.75, 3.05) is 37.3 Å². The van der Waals surface area contributed by atoms with Crippen molar-refractivity contribution in [3.63, 3.8) is 0 Å². The lowest BCUT2D eigenvalue weighted by molar-refractivity contribution is -0.119. The minimum atomic E-state index is -3.06. The molecule has 4 N–H and O–H groups in total. The van der Waals surface area contributed by atoms with Crippen LogP contribution < -0.4 is 25.8 Å². The Morgan fingerprint density at radius 2 is 1.80 bits per heavy atom. The summed E-state index contributed by atoms with van der Waals surface area (Å²) in [6, 6.07) is 4.50. The Balaban J connectivity index is 1.46. The second kappa shape index (κ2) is 12.3. The first kappa shape index (κ1) is 30.6. The van der Waals surface area contributed by atoms with E-state index in [4.69, 9.17) is 15.2 Å². The number of alkyl halides is 2. The van der Waals surface area contributed by atoms with E-state index in [-0.39, 0.29) is 53.0 Å². The summed E-state index contributed by atoms with van der Waals surface area (Å²) in [5.74, 6) is -0.811. The molecule has 2 aromatic rings. The number of carbonyl (C=O) groups excluding carboxylic acids is 1. The molecule has 13 heteroatoms. The van der Waals surface area contributed by atoms with Crippen molar-refractivity contribution < 1.29 is 27.4 Å². The van der Waals surface area contributed by atoms with E-state index in [9.17, 15) is 18.0 Å². The maximum Gasteiger partial charge on any atom is 0.387 e. The molecule has 41 heavy (non-hydrogen) atoms. The first-order valence-electron chi connectivity index (χ1n) is 13.8. The van der Waals surface area contributed by atoms with Gasteiger partial charge in [0.1, 0.15) is 6.10 Å². The van der Waals surface area contributed by atoms with E-state index < -0.39 is 18.3 Å². The fourth-order valence-corrected chi connectivity index (χ4v) is 5.78. The molecule has 2 fully saturated rings. The Labute approximate surface area is 238 Å². The highest BCUT2D eigenvalue weighted by atomic mass is 19.3. The van der Waals surface area contributed by atoms with Gasteiger partial charge in [0, 0.05) is 42.0 Å². The van der Waals surface area contributed by atoms with E-state index in [0.29, 0.717) is 31.6 Å². The third-order valence-electron chi connectivity index (χ3n) is 8.02. The van der Waals surface area contributed by atoms with Gasteiger partial charge in [-0.05, 0) is 72.6 Å². The number of aromatic nitrogens is 2. The van der Waals surface area contributed by atoms with Crippen molar-refractivity contribution in [1.82, 2.24) is 19.8 Å². The van der Waals surface area contributed by atoms with Crippen LogP contribution in [-0.4, -0.2) is 82.2 Å². The molecule has 10 nitrogen and oxygen atoms in total. The van der Waals surface area contributed by atoms with Gasteiger partial charge in [-0.3, -0.25) is 14.6 Å². The number of nitrogens with two attached hydrogens (primary N) is 1. The average molecular weight is 580 g/mol. The van der Waals surface area contributed by atoms with Gasteiger partial charge in [0.15, 0.2) is 23.1 Å². The van der Waals surface area contributed by atoms with Crippen LogP contribution in [0, 0.1) is 5.82 Å². The van der Waals surface area contributed by atoms with Crippen LogP contribution >= 0.6 is 0 Å². The van der Waals surface area contributed by atoms with Crippen LogP contribution in [0.5, 0.6) is 11.5 Å². The summed E-state index contributed by atoms with van der Waals surface area (Å²) in [4.78, 5) is 23.8. The molecule has 2 aliphatic rings. The number of primary amides is 1. The Hall–Kier alpha value is -3.32. The molecule has 0 unspecified atom stereocenters. The molecular formula is C28H40F3N7O3. The van der Waals surface area contributed by atoms with Gasteiger partial charge < -0.3 is 25.8 Å². The van der Waals surface area contributed by atoms with E-state index in [1.54, 1.807) is 6.07 Å². The van der Waals surface area contributed by atoms with Crippen LogP contribution in [0.3, 0.4) is 0 Å². The third-order valence-corrected chi connectivity index (χ3v) is 8.02. The summed E-state index contributed by atoms with van der Waals surface area (Å²) in [6.45, 7) is 6.94. The van der Waals surface area contributed by atoms with Gasteiger partial charge in [0.2, 0.25) is 11.9 Å². The second-order valence-corrected chi connectivity index (χ2v) is 12.0. The first-order valence-corrected chi connectivity index (χ1v) is 13.8. The summed E-state index contributed by atoms with van der Waals surface area (Å²) in [7, 11) is 2.10. The second-order valence-electron chi connectivity index (χ2n) is 12.0. The third kappa shape index (κ3) is 7.91. The van der Waals surface area contributed by atoms with Crippen LogP contribution in [0.25, 0.3) is 0 Å². The number of nitrogens with zero attached hydrogens (tertiary/aromatic N) is 4. The fraction of sp³-hybridized carbons (Fsp3) is 0.607. The minimum absolute atomic E-state index is 0.0152. The van der Waals surface area contributed by atoms with Crippen molar-refractivity contribution in [3.8, 4) is 11.5 Å². The molecule has 0 spiro atoms. The Morgan fingerprint density at radius 1 is 1.15 bits per heavy atom. The molecule has 0 bridgehead atoms. The van der Waals surface area contributed by atoms with Crippen LogP contribution in [-0.2, 0) is 4.79 Å². The Bertz CT molecular complexity index is 1200. The van der Waals surface area contributed by atoms with E-state index in [1.807, 2.05) is 4.90 Å². The predicted molar refractivity (Wildman–Crippen MR) is 150 cm³/mol. The SMILES string of the molecule is CN1C(C)(C)CC(Nc2nc(Nc3ccc(OC4CCN(CC(N)=O)CC4)c(OC(F)F)c3)ncc2F)CC1(C)C. The molecule has 226 valence electrons. The molecule has 1 amide bonds. The molecule has 1 aromatic carbocycles. The standard InChI is InChI=1S/C28H40F3N7O3/c1-27(2)13-18(14-28(3,4)37(27)5)34-24-20(29)15-33-26(36-24)35-17-6-7-21(22(12-17)41-25(30)31)40-19-8-10-38(11-9-19)16-23(32)39/h6-7,12,15,18-19,25H,8-11,13-14,16H2,1-5H3,(H2,32,39)(H2,33,34,35,36). The molecule has 3 heterocycles. The van der Waals surface area contributed by atoms with Crippen molar-refractivity contribution in [2.24, 2.45) is 5.73 Å². The lowest BCUT2D eigenvalue weighted by atomic mass is 9.77. The topological polar surface area (TPSA) is 118 Å². The average Bonchev–Trinajstić information content (AvgIpc) is 2.86. The first-order chi connectivity index (χ1) is 19.2. The summed E-state index contributed by atoms with van der Waals surface area (Å²) in [6.07, 6.45) is 3.62. The molecule has 0 atom stereocenters. The van der Waals surface area contributed by atoms with Crippen LogP contribution in [0.2, 0.25) is 0 Å². The number of nitrogens with one attached hydrogen (secondary N) is 2. The number of anilines is 3. The molecule has 1 aromatic heterocycles.